The summed E-state index contributed by atoms with van der Waals surface area (Å²) in [4.78, 5) is 7.13. The summed E-state index contributed by atoms with van der Waals surface area (Å²) in [6.45, 7) is 0. The number of anilines is 3. The van der Waals surface area contributed by atoms with Crippen LogP contribution in [0.4, 0.5) is 17.1 Å². The molecule has 0 aliphatic carbocycles. The van der Waals surface area contributed by atoms with Gasteiger partial charge in [-0.1, -0.05) is 140 Å². The Labute approximate surface area is 349 Å². The number of nitrogens with zero attached hydrogens (tertiary/aromatic N) is 2. The largest absolute Gasteiger partial charge is 0.455 e. The van der Waals surface area contributed by atoms with Crippen LogP contribution in [0.25, 0.3) is 98.0 Å². The maximum absolute atomic E-state index is 6.63. The molecule has 0 aliphatic heterocycles. The molecule has 0 N–H and O–H groups in total. The molecular weight excluding hydrogens is 753 g/mol. The molecule has 4 nitrogen and oxygen atoms in total. The molecule has 0 saturated heterocycles. The van der Waals surface area contributed by atoms with E-state index in [2.05, 4.69) is 175 Å². The fraction of sp³-hybridized carbons (Fsp3) is 0. The molecule has 0 radical (unpaired) electrons. The Hall–Kier alpha value is -7.73. The predicted molar refractivity (Wildman–Crippen MR) is 251 cm³/mol. The summed E-state index contributed by atoms with van der Waals surface area (Å²) in [6.07, 6.45) is 0. The maximum atomic E-state index is 6.63. The Kier molecular flexibility index (Phi) is 8.00. The molecule has 0 spiro atoms. The molecular formula is C55H34N2O2S. The Bertz CT molecular complexity index is 3530. The molecule has 282 valence electrons. The van der Waals surface area contributed by atoms with Gasteiger partial charge < -0.3 is 13.7 Å². The lowest BCUT2D eigenvalue weighted by Crippen LogP contribution is -2.10. The van der Waals surface area contributed by atoms with E-state index in [0.29, 0.717) is 5.89 Å². The molecule has 3 aromatic heterocycles. The minimum Gasteiger partial charge on any atom is -0.455 e. The lowest BCUT2D eigenvalue weighted by Gasteiger charge is -2.26. The van der Waals surface area contributed by atoms with Crippen LogP contribution in [-0.2, 0) is 0 Å². The number of rotatable bonds is 7. The van der Waals surface area contributed by atoms with Crippen molar-refractivity contribution in [3.05, 3.63) is 206 Å². The third-order valence-electron chi connectivity index (χ3n) is 11.5. The second-order valence-electron chi connectivity index (χ2n) is 15.1. The van der Waals surface area contributed by atoms with E-state index < -0.39 is 0 Å². The molecule has 0 aliphatic rings. The van der Waals surface area contributed by atoms with Crippen LogP contribution in [0.5, 0.6) is 0 Å². The highest BCUT2D eigenvalue weighted by molar-refractivity contribution is 7.26. The molecule has 12 rings (SSSR count). The van der Waals surface area contributed by atoms with Gasteiger partial charge in [0.2, 0.25) is 5.89 Å². The summed E-state index contributed by atoms with van der Waals surface area (Å²) >= 11 is 1.86. The highest BCUT2D eigenvalue weighted by atomic mass is 32.1. The van der Waals surface area contributed by atoms with Gasteiger partial charge >= 0.3 is 0 Å². The van der Waals surface area contributed by atoms with Crippen molar-refractivity contribution >= 4 is 81.6 Å². The van der Waals surface area contributed by atoms with Gasteiger partial charge in [-0.15, -0.1) is 11.3 Å². The van der Waals surface area contributed by atoms with Crippen molar-refractivity contribution in [1.82, 2.24) is 4.98 Å². The fourth-order valence-electron chi connectivity index (χ4n) is 8.61. The van der Waals surface area contributed by atoms with Crippen molar-refractivity contribution in [1.29, 1.82) is 0 Å². The van der Waals surface area contributed by atoms with Crippen LogP contribution in [0.3, 0.4) is 0 Å². The van der Waals surface area contributed by atoms with E-state index in [1.807, 2.05) is 47.7 Å². The van der Waals surface area contributed by atoms with E-state index in [-0.39, 0.29) is 0 Å². The first-order valence-electron chi connectivity index (χ1n) is 20.1. The zero-order chi connectivity index (χ0) is 39.6. The molecule has 0 bridgehead atoms. The van der Waals surface area contributed by atoms with Gasteiger partial charge in [-0.05, 0) is 88.5 Å². The molecule has 0 atom stereocenters. The topological polar surface area (TPSA) is 42.4 Å². The quantitative estimate of drug-likeness (QED) is 0.161. The highest BCUT2D eigenvalue weighted by Gasteiger charge is 2.19. The predicted octanol–water partition coefficient (Wildman–Crippen LogP) is 16.2. The second kappa shape index (κ2) is 14.0. The third kappa shape index (κ3) is 5.78. The average molecular weight is 787 g/mol. The van der Waals surface area contributed by atoms with Gasteiger partial charge in [0.1, 0.15) is 16.7 Å². The first-order chi connectivity index (χ1) is 29.7. The van der Waals surface area contributed by atoms with Crippen molar-refractivity contribution in [3.8, 4) is 44.8 Å². The number of thiophene rings is 1. The summed E-state index contributed by atoms with van der Waals surface area (Å²) < 4.78 is 15.5. The van der Waals surface area contributed by atoms with Crippen LogP contribution in [0.1, 0.15) is 0 Å². The van der Waals surface area contributed by atoms with Gasteiger partial charge in [0.15, 0.2) is 5.58 Å². The Morgan fingerprint density at radius 2 is 1.00 bits per heavy atom. The SMILES string of the molecule is c1ccc(-c2cccc(N(c3ccc(-c4cccc5c4oc4cc6nc(-c7ccccc7)oc6cc45)cc3)c3ccc(-c4cccc5c4sc4ccccc45)cc3)c2)cc1. The van der Waals surface area contributed by atoms with E-state index in [9.17, 15) is 0 Å². The van der Waals surface area contributed by atoms with E-state index in [0.717, 1.165) is 72.4 Å². The first kappa shape index (κ1) is 34.3. The molecule has 12 aromatic rings. The van der Waals surface area contributed by atoms with Crippen molar-refractivity contribution in [2.24, 2.45) is 0 Å². The zero-order valence-electron chi connectivity index (χ0n) is 32.2. The standard InChI is InChI=1S/C55H34N2O2S/c1-3-12-35(13-4-1)39-16-9-17-42(32-39)57(41-30-26-37(27-31-41)44-20-11-22-47-45-18-7-8-23-52(45)60-54(44)47)40-28-24-36(25-29-40)43-19-10-21-46-48-33-51-49(34-50(48)58-53(43)46)56-55(59-51)38-14-5-2-6-15-38/h1-34H. The number of hydrogen-bond acceptors (Lipinski definition) is 5. The number of para-hydroxylation sites is 1. The average Bonchev–Trinajstić information content (AvgIpc) is 4.03. The van der Waals surface area contributed by atoms with Crippen molar-refractivity contribution in [2.45, 2.75) is 0 Å². The molecule has 9 aromatic carbocycles. The Balaban J connectivity index is 0.934. The normalized spacial score (nSPS) is 11.7. The van der Waals surface area contributed by atoms with Crippen molar-refractivity contribution < 1.29 is 8.83 Å². The number of furan rings is 1. The van der Waals surface area contributed by atoms with Crippen LogP contribution in [-0.4, -0.2) is 4.98 Å². The number of hydrogen-bond donors (Lipinski definition) is 0. The number of benzene rings is 9. The molecule has 0 amide bonds. The molecule has 3 heterocycles. The monoisotopic (exact) mass is 786 g/mol. The molecule has 60 heavy (non-hydrogen) atoms. The minimum atomic E-state index is 0.602. The van der Waals surface area contributed by atoms with Crippen molar-refractivity contribution in [3.63, 3.8) is 0 Å². The third-order valence-corrected chi connectivity index (χ3v) is 12.7. The van der Waals surface area contributed by atoms with Crippen LogP contribution in [0.2, 0.25) is 0 Å². The fourth-order valence-corrected chi connectivity index (χ4v) is 9.85. The Morgan fingerprint density at radius 1 is 0.383 bits per heavy atom. The maximum Gasteiger partial charge on any atom is 0.227 e. The lowest BCUT2D eigenvalue weighted by atomic mass is 10.0. The van der Waals surface area contributed by atoms with Gasteiger partial charge in [-0.25, -0.2) is 4.98 Å². The van der Waals surface area contributed by atoms with Gasteiger partial charge in [-0.3, -0.25) is 0 Å². The summed E-state index contributed by atoms with van der Waals surface area (Å²) in [7, 11) is 0. The van der Waals surface area contributed by atoms with Gasteiger partial charge in [0.25, 0.3) is 0 Å². The van der Waals surface area contributed by atoms with Gasteiger partial charge in [0, 0.05) is 65.2 Å². The molecule has 0 fully saturated rings. The summed E-state index contributed by atoms with van der Waals surface area (Å²) in [5.74, 6) is 0.602. The van der Waals surface area contributed by atoms with Crippen LogP contribution >= 0.6 is 11.3 Å². The Morgan fingerprint density at radius 3 is 1.77 bits per heavy atom. The van der Waals surface area contributed by atoms with E-state index in [1.165, 1.54) is 36.9 Å². The second-order valence-corrected chi connectivity index (χ2v) is 16.2. The molecule has 5 heteroatoms. The van der Waals surface area contributed by atoms with Crippen LogP contribution in [0, 0.1) is 0 Å². The number of aromatic nitrogens is 1. The van der Waals surface area contributed by atoms with Gasteiger partial charge in [-0.2, -0.15) is 0 Å². The highest BCUT2D eigenvalue weighted by Crippen LogP contribution is 2.43. The smallest absolute Gasteiger partial charge is 0.227 e. The summed E-state index contributed by atoms with van der Waals surface area (Å²) in [6, 6.07) is 72.9. The van der Waals surface area contributed by atoms with E-state index in [4.69, 9.17) is 13.8 Å². The number of fused-ring (bicyclic) bond motifs is 7. The lowest BCUT2D eigenvalue weighted by molar-refractivity contribution is 0.620. The summed E-state index contributed by atoms with van der Waals surface area (Å²) in [5.41, 5.74) is 14.2. The van der Waals surface area contributed by atoms with E-state index >= 15 is 0 Å². The molecule has 0 saturated carbocycles. The van der Waals surface area contributed by atoms with Crippen molar-refractivity contribution in [2.75, 3.05) is 4.90 Å². The van der Waals surface area contributed by atoms with Gasteiger partial charge in [0.05, 0.1) is 0 Å². The first-order valence-corrected chi connectivity index (χ1v) is 20.9. The zero-order valence-corrected chi connectivity index (χ0v) is 33.1. The molecule has 0 unspecified atom stereocenters. The minimum absolute atomic E-state index is 0.602. The van der Waals surface area contributed by atoms with E-state index in [1.54, 1.807) is 0 Å². The van der Waals surface area contributed by atoms with Crippen LogP contribution < -0.4 is 4.90 Å². The summed E-state index contributed by atoms with van der Waals surface area (Å²) in [5, 5.41) is 4.66. The number of oxazole rings is 1. The van der Waals surface area contributed by atoms with Crippen LogP contribution in [0.15, 0.2) is 215 Å².